The summed E-state index contributed by atoms with van der Waals surface area (Å²) in [7, 11) is 0. The van der Waals surface area contributed by atoms with E-state index in [2.05, 4.69) is 16.5 Å². The van der Waals surface area contributed by atoms with E-state index in [4.69, 9.17) is 9.47 Å². The number of likely N-dealkylation sites (tertiary alicyclic amines) is 1. The Labute approximate surface area is 124 Å². The predicted octanol–water partition coefficient (Wildman–Crippen LogP) is 2.47. The van der Waals surface area contributed by atoms with E-state index in [1.807, 2.05) is 11.6 Å². The molecule has 0 unspecified atom stereocenters. The zero-order valence-electron chi connectivity index (χ0n) is 11.8. The van der Waals surface area contributed by atoms with Crippen molar-refractivity contribution >= 4 is 11.3 Å². The molecule has 0 N–H and O–H groups in total. The van der Waals surface area contributed by atoms with Crippen LogP contribution in [0.25, 0.3) is 0 Å². The van der Waals surface area contributed by atoms with Crippen LogP contribution in [-0.4, -0.2) is 47.9 Å². The Hall–Kier alpha value is -0.750. The minimum Gasteiger partial charge on any atom is -0.372 e. The van der Waals surface area contributed by atoms with Gasteiger partial charge < -0.3 is 9.47 Å². The lowest BCUT2D eigenvalue weighted by molar-refractivity contribution is -0.0544. The van der Waals surface area contributed by atoms with Crippen LogP contribution in [0.5, 0.6) is 0 Å². The van der Waals surface area contributed by atoms with E-state index in [1.165, 1.54) is 11.4 Å². The summed E-state index contributed by atoms with van der Waals surface area (Å²) in [6.45, 7) is 8.13. The van der Waals surface area contributed by atoms with Gasteiger partial charge in [0.2, 0.25) is 0 Å². The normalized spacial score (nSPS) is 30.9. The van der Waals surface area contributed by atoms with Crippen LogP contribution >= 0.6 is 11.3 Å². The van der Waals surface area contributed by atoms with Gasteiger partial charge in [-0.05, 0) is 19.4 Å². The van der Waals surface area contributed by atoms with Gasteiger partial charge in [0.1, 0.15) is 5.01 Å². The third-order valence-electron chi connectivity index (χ3n) is 4.09. The van der Waals surface area contributed by atoms with Crippen molar-refractivity contribution in [3.05, 3.63) is 29.2 Å². The molecule has 2 saturated heterocycles. The van der Waals surface area contributed by atoms with Crippen LogP contribution in [0.2, 0.25) is 0 Å². The molecule has 3 rings (SSSR count). The molecule has 5 heteroatoms. The molecule has 0 radical (unpaired) electrons. The lowest BCUT2D eigenvalue weighted by atomic mass is 9.89. The molecule has 2 aliphatic rings. The van der Waals surface area contributed by atoms with E-state index < -0.39 is 0 Å². The number of hydrogen-bond acceptors (Lipinski definition) is 5. The molecular formula is C15H22N2O2S. The summed E-state index contributed by atoms with van der Waals surface area (Å²) < 4.78 is 11.9. The van der Waals surface area contributed by atoms with Gasteiger partial charge >= 0.3 is 0 Å². The highest BCUT2D eigenvalue weighted by Crippen LogP contribution is 2.36. The Bertz CT molecular complexity index is 437. The number of ether oxygens (including phenoxy) is 2. The van der Waals surface area contributed by atoms with E-state index in [0.29, 0.717) is 6.61 Å². The summed E-state index contributed by atoms with van der Waals surface area (Å²) in [6.07, 6.45) is 7.27. The van der Waals surface area contributed by atoms with Crippen LogP contribution in [0.3, 0.4) is 0 Å². The zero-order chi connectivity index (χ0) is 13.8. The zero-order valence-corrected chi connectivity index (χ0v) is 12.6. The van der Waals surface area contributed by atoms with Gasteiger partial charge in [-0.1, -0.05) is 6.08 Å². The van der Waals surface area contributed by atoms with Gasteiger partial charge in [0.25, 0.3) is 0 Å². The predicted molar refractivity (Wildman–Crippen MR) is 79.9 cm³/mol. The first-order chi connectivity index (χ1) is 9.80. The van der Waals surface area contributed by atoms with E-state index in [-0.39, 0.29) is 11.7 Å². The van der Waals surface area contributed by atoms with E-state index >= 15 is 0 Å². The van der Waals surface area contributed by atoms with E-state index in [9.17, 15) is 0 Å². The fourth-order valence-corrected chi connectivity index (χ4v) is 3.90. The second kappa shape index (κ2) is 6.35. The minimum atomic E-state index is 0.00134. The largest absolute Gasteiger partial charge is 0.372 e. The van der Waals surface area contributed by atoms with Crippen molar-refractivity contribution < 1.29 is 9.47 Å². The van der Waals surface area contributed by atoms with Gasteiger partial charge in [-0.3, -0.25) is 4.90 Å². The van der Waals surface area contributed by atoms with Crippen LogP contribution in [-0.2, 0) is 16.0 Å². The maximum atomic E-state index is 6.12. The second-order valence-electron chi connectivity index (χ2n) is 5.68. The van der Waals surface area contributed by atoms with E-state index in [0.717, 1.165) is 39.1 Å². The van der Waals surface area contributed by atoms with Gasteiger partial charge in [-0.2, -0.15) is 0 Å². The van der Waals surface area contributed by atoms with Crippen molar-refractivity contribution in [3.63, 3.8) is 0 Å². The van der Waals surface area contributed by atoms with Crippen LogP contribution in [0.1, 0.15) is 24.3 Å². The molecular weight excluding hydrogens is 272 g/mol. The van der Waals surface area contributed by atoms with Crippen molar-refractivity contribution in [2.75, 3.05) is 26.3 Å². The molecule has 110 valence electrons. The Morgan fingerprint density at radius 1 is 1.65 bits per heavy atom. The number of nitrogens with zero attached hydrogens (tertiary/aromatic N) is 2. The van der Waals surface area contributed by atoms with E-state index in [1.54, 1.807) is 17.4 Å². The molecule has 0 amide bonds. The molecule has 0 bridgehead atoms. The summed E-state index contributed by atoms with van der Waals surface area (Å²) in [6, 6.07) is 0. The quantitative estimate of drug-likeness (QED) is 0.781. The molecule has 2 atom stereocenters. The number of hydrogen-bond donors (Lipinski definition) is 0. The molecule has 4 nitrogen and oxygen atoms in total. The average Bonchev–Trinajstić information content (AvgIpc) is 3.07. The summed E-state index contributed by atoms with van der Waals surface area (Å²) in [4.78, 5) is 6.85. The van der Waals surface area contributed by atoms with Crippen LogP contribution in [0.15, 0.2) is 24.2 Å². The van der Waals surface area contributed by atoms with Gasteiger partial charge in [0.15, 0.2) is 0 Å². The molecule has 2 aliphatic heterocycles. The Morgan fingerprint density at radius 2 is 2.60 bits per heavy atom. The third-order valence-corrected chi connectivity index (χ3v) is 4.85. The van der Waals surface area contributed by atoms with Crippen molar-refractivity contribution in [1.29, 1.82) is 0 Å². The molecule has 0 saturated carbocycles. The molecule has 0 aliphatic carbocycles. The van der Waals surface area contributed by atoms with Gasteiger partial charge in [-0.15, -0.1) is 17.9 Å². The van der Waals surface area contributed by atoms with Crippen LogP contribution < -0.4 is 0 Å². The number of aromatic nitrogens is 1. The highest BCUT2D eigenvalue weighted by molar-refractivity contribution is 7.09. The fraction of sp³-hybridized carbons (Fsp3) is 0.667. The van der Waals surface area contributed by atoms with Gasteiger partial charge in [0.05, 0.1) is 31.5 Å². The minimum absolute atomic E-state index is 0.00134. The van der Waals surface area contributed by atoms with Crippen molar-refractivity contribution in [1.82, 2.24) is 9.88 Å². The Balaban J connectivity index is 1.56. The lowest BCUT2D eigenvalue weighted by Crippen LogP contribution is -2.47. The monoisotopic (exact) mass is 294 g/mol. The topological polar surface area (TPSA) is 34.6 Å². The summed E-state index contributed by atoms with van der Waals surface area (Å²) >= 11 is 1.73. The Morgan fingerprint density at radius 3 is 3.40 bits per heavy atom. The first kappa shape index (κ1) is 14.2. The lowest BCUT2D eigenvalue weighted by Gasteiger charge is -2.39. The molecule has 1 aromatic heterocycles. The van der Waals surface area contributed by atoms with Crippen LogP contribution in [0, 0.1) is 0 Å². The smallest absolute Gasteiger partial charge is 0.107 e. The second-order valence-corrected chi connectivity index (χ2v) is 6.66. The third kappa shape index (κ3) is 3.28. The SMILES string of the molecule is C=CCO[C@H]1CO[C@@]2(CCCN(Cc3nccs3)C2)C1. The summed E-state index contributed by atoms with van der Waals surface area (Å²) in [5.41, 5.74) is 0.00134. The van der Waals surface area contributed by atoms with Crippen molar-refractivity contribution in [3.8, 4) is 0 Å². The molecule has 3 heterocycles. The highest BCUT2D eigenvalue weighted by Gasteiger charge is 2.43. The molecule has 1 aromatic rings. The Kier molecular flexibility index (Phi) is 4.51. The maximum absolute atomic E-state index is 6.12. The van der Waals surface area contributed by atoms with Crippen molar-refractivity contribution in [2.45, 2.75) is 37.5 Å². The maximum Gasteiger partial charge on any atom is 0.107 e. The van der Waals surface area contributed by atoms with Gasteiger partial charge in [0, 0.05) is 24.5 Å². The number of thiazole rings is 1. The molecule has 0 aromatic carbocycles. The molecule has 20 heavy (non-hydrogen) atoms. The molecule has 1 spiro atoms. The number of rotatable bonds is 5. The first-order valence-electron chi connectivity index (χ1n) is 7.27. The van der Waals surface area contributed by atoms with Gasteiger partial charge in [-0.25, -0.2) is 4.98 Å². The molecule has 2 fully saturated rings. The summed E-state index contributed by atoms with van der Waals surface area (Å²) in [5.74, 6) is 0. The van der Waals surface area contributed by atoms with Crippen molar-refractivity contribution in [2.24, 2.45) is 0 Å². The first-order valence-corrected chi connectivity index (χ1v) is 8.15. The average molecular weight is 294 g/mol. The highest BCUT2D eigenvalue weighted by atomic mass is 32.1. The standard InChI is InChI=1S/C15H22N2O2S/c1-2-7-18-13-9-15(19-11-13)4-3-6-17(12-15)10-14-16-5-8-20-14/h2,5,8,13H,1,3-4,6-7,9-12H2/t13-,15+/m1/s1. The number of piperidine rings is 1. The fourth-order valence-electron chi connectivity index (χ4n) is 3.25. The van der Waals surface area contributed by atoms with Crippen LogP contribution in [0.4, 0.5) is 0 Å². The summed E-state index contributed by atoms with van der Waals surface area (Å²) in [5, 5.41) is 3.24.